The molecule has 2 atom stereocenters. The Balaban J connectivity index is 1.60. The average molecular weight is 328 g/mol. The van der Waals surface area contributed by atoms with Crippen LogP contribution in [-0.4, -0.2) is 45.6 Å². The number of hydrogen-bond donors (Lipinski definition) is 0. The van der Waals surface area contributed by atoms with Crippen LogP contribution in [0.1, 0.15) is 25.5 Å². The highest BCUT2D eigenvalue weighted by atomic mass is 19.1. The first-order valence-electron chi connectivity index (χ1n) is 8.56. The van der Waals surface area contributed by atoms with E-state index in [1.807, 2.05) is 13.0 Å². The van der Waals surface area contributed by atoms with Gasteiger partial charge in [-0.3, -0.25) is 0 Å². The molecule has 2 aliphatic heterocycles. The molecule has 2 aromatic heterocycles. The van der Waals surface area contributed by atoms with E-state index >= 15 is 0 Å². The number of aryl methyl sites for hydroxylation is 1. The number of hydrogen-bond acceptors (Lipinski definition) is 6. The van der Waals surface area contributed by atoms with Crippen molar-refractivity contribution in [1.82, 2.24) is 19.9 Å². The predicted octanol–water partition coefficient (Wildman–Crippen LogP) is 2.07. The number of piperidine rings is 1. The van der Waals surface area contributed by atoms with E-state index in [0.29, 0.717) is 23.9 Å². The van der Waals surface area contributed by atoms with Crippen LogP contribution in [0.3, 0.4) is 0 Å². The summed E-state index contributed by atoms with van der Waals surface area (Å²) in [5, 5.41) is 0. The molecule has 2 fully saturated rings. The van der Waals surface area contributed by atoms with Gasteiger partial charge in [0.2, 0.25) is 5.95 Å². The van der Waals surface area contributed by atoms with Crippen LogP contribution in [0.25, 0.3) is 0 Å². The van der Waals surface area contributed by atoms with Crippen LogP contribution >= 0.6 is 0 Å². The van der Waals surface area contributed by atoms with Crippen LogP contribution in [0.15, 0.2) is 24.8 Å². The maximum Gasteiger partial charge on any atom is 0.225 e. The van der Waals surface area contributed by atoms with Crippen LogP contribution in [0, 0.1) is 11.7 Å². The fourth-order valence-electron chi connectivity index (χ4n) is 3.88. The zero-order valence-corrected chi connectivity index (χ0v) is 13.8. The SMILES string of the molecule is CCc1ncnc(N2CCC3CCN(c4ncccn4)CC32)c1F. The van der Waals surface area contributed by atoms with E-state index in [0.717, 1.165) is 38.4 Å². The zero-order valence-electron chi connectivity index (χ0n) is 13.8. The molecule has 0 bridgehead atoms. The van der Waals surface area contributed by atoms with Gasteiger partial charge in [-0.2, -0.15) is 0 Å². The average Bonchev–Trinajstić information content (AvgIpc) is 3.05. The van der Waals surface area contributed by atoms with Crippen LogP contribution in [-0.2, 0) is 6.42 Å². The minimum Gasteiger partial charge on any atom is -0.349 e. The molecule has 0 amide bonds. The minimum absolute atomic E-state index is 0.247. The second-order valence-corrected chi connectivity index (χ2v) is 6.40. The van der Waals surface area contributed by atoms with Gasteiger partial charge in [-0.1, -0.05) is 6.92 Å². The molecule has 0 radical (unpaired) electrons. The van der Waals surface area contributed by atoms with Crippen LogP contribution in [0.4, 0.5) is 16.2 Å². The first kappa shape index (κ1) is 15.2. The summed E-state index contributed by atoms with van der Waals surface area (Å²) >= 11 is 0. The number of rotatable bonds is 3. The van der Waals surface area contributed by atoms with Gasteiger partial charge in [0.05, 0.1) is 11.7 Å². The normalized spacial score (nSPS) is 23.4. The Bertz CT molecular complexity index is 709. The van der Waals surface area contributed by atoms with E-state index in [1.54, 1.807) is 12.4 Å². The van der Waals surface area contributed by atoms with Crippen LogP contribution in [0.2, 0.25) is 0 Å². The standard InChI is InChI=1S/C17H21FN6/c1-2-13-15(18)16(22-11-21-13)24-9-5-12-4-8-23(10-14(12)24)17-19-6-3-7-20-17/h3,6-7,11-12,14H,2,4-5,8-10H2,1H3. The molecule has 4 heterocycles. The molecule has 2 aromatic rings. The molecule has 0 aromatic carbocycles. The van der Waals surface area contributed by atoms with Gasteiger partial charge in [0.15, 0.2) is 11.6 Å². The quantitative estimate of drug-likeness (QED) is 0.860. The van der Waals surface area contributed by atoms with Crippen molar-refractivity contribution in [2.45, 2.75) is 32.2 Å². The lowest BCUT2D eigenvalue weighted by Gasteiger charge is -2.38. The maximum absolute atomic E-state index is 14.7. The molecule has 4 rings (SSSR count). The van der Waals surface area contributed by atoms with Gasteiger partial charge < -0.3 is 9.80 Å². The van der Waals surface area contributed by atoms with Gasteiger partial charge in [0.25, 0.3) is 0 Å². The third-order valence-corrected chi connectivity index (χ3v) is 5.15. The molecule has 2 unspecified atom stereocenters. The number of aromatic nitrogens is 4. The number of halogens is 1. The second kappa shape index (κ2) is 6.30. The maximum atomic E-state index is 14.7. The van der Waals surface area contributed by atoms with E-state index in [9.17, 15) is 4.39 Å². The topological polar surface area (TPSA) is 58.0 Å². The highest BCUT2D eigenvalue weighted by Gasteiger charge is 2.40. The van der Waals surface area contributed by atoms with Crippen molar-refractivity contribution < 1.29 is 4.39 Å². The Morgan fingerprint density at radius 2 is 1.92 bits per heavy atom. The lowest BCUT2D eigenvalue weighted by Crippen LogP contribution is -2.49. The molecular formula is C17H21FN6. The summed E-state index contributed by atoms with van der Waals surface area (Å²) in [6.45, 7) is 4.51. The third kappa shape index (κ3) is 2.57. The van der Waals surface area contributed by atoms with Crippen molar-refractivity contribution in [2.24, 2.45) is 5.92 Å². The van der Waals surface area contributed by atoms with Crippen LogP contribution < -0.4 is 9.80 Å². The van der Waals surface area contributed by atoms with Crippen molar-refractivity contribution in [3.05, 3.63) is 36.3 Å². The zero-order chi connectivity index (χ0) is 16.5. The van der Waals surface area contributed by atoms with Crippen molar-refractivity contribution in [1.29, 1.82) is 0 Å². The van der Waals surface area contributed by atoms with E-state index in [2.05, 4.69) is 29.7 Å². The third-order valence-electron chi connectivity index (χ3n) is 5.15. The van der Waals surface area contributed by atoms with E-state index in [-0.39, 0.29) is 11.9 Å². The summed E-state index contributed by atoms with van der Waals surface area (Å²) in [6, 6.07) is 2.07. The summed E-state index contributed by atoms with van der Waals surface area (Å²) in [6.07, 6.45) is 7.74. The largest absolute Gasteiger partial charge is 0.349 e. The predicted molar refractivity (Wildman–Crippen MR) is 89.5 cm³/mol. The highest BCUT2D eigenvalue weighted by Crippen LogP contribution is 2.36. The van der Waals surface area contributed by atoms with Gasteiger partial charge in [-0.15, -0.1) is 0 Å². The summed E-state index contributed by atoms with van der Waals surface area (Å²) in [4.78, 5) is 21.3. The Morgan fingerprint density at radius 1 is 1.12 bits per heavy atom. The van der Waals surface area contributed by atoms with Crippen LogP contribution in [0.5, 0.6) is 0 Å². The minimum atomic E-state index is -0.270. The van der Waals surface area contributed by atoms with E-state index < -0.39 is 0 Å². The van der Waals surface area contributed by atoms with E-state index in [1.165, 1.54) is 6.33 Å². The molecule has 0 spiro atoms. The molecule has 24 heavy (non-hydrogen) atoms. The van der Waals surface area contributed by atoms with Gasteiger partial charge in [0.1, 0.15) is 6.33 Å². The fraction of sp³-hybridized carbons (Fsp3) is 0.529. The monoisotopic (exact) mass is 328 g/mol. The van der Waals surface area contributed by atoms with Gasteiger partial charge >= 0.3 is 0 Å². The summed E-state index contributed by atoms with van der Waals surface area (Å²) in [7, 11) is 0. The summed E-state index contributed by atoms with van der Waals surface area (Å²) in [5.41, 5.74) is 0.488. The van der Waals surface area contributed by atoms with Crippen molar-refractivity contribution >= 4 is 11.8 Å². The van der Waals surface area contributed by atoms with Crippen molar-refractivity contribution in [2.75, 3.05) is 29.4 Å². The number of anilines is 2. The van der Waals surface area contributed by atoms with Crippen molar-refractivity contribution in [3.8, 4) is 0 Å². The number of fused-ring (bicyclic) bond motifs is 1. The molecular weight excluding hydrogens is 307 g/mol. The van der Waals surface area contributed by atoms with E-state index in [4.69, 9.17) is 0 Å². The van der Waals surface area contributed by atoms with Gasteiger partial charge in [-0.25, -0.2) is 24.3 Å². The lowest BCUT2D eigenvalue weighted by atomic mass is 9.92. The molecule has 2 aliphatic rings. The molecule has 6 nitrogen and oxygen atoms in total. The second-order valence-electron chi connectivity index (χ2n) is 6.40. The molecule has 0 N–H and O–H groups in total. The Morgan fingerprint density at radius 3 is 2.71 bits per heavy atom. The molecule has 7 heteroatoms. The highest BCUT2D eigenvalue weighted by molar-refractivity contribution is 5.46. The molecule has 2 saturated heterocycles. The van der Waals surface area contributed by atoms with Gasteiger partial charge in [-0.05, 0) is 31.2 Å². The summed E-state index contributed by atoms with van der Waals surface area (Å²) in [5.74, 6) is 1.50. The van der Waals surface area contributed by atoms with Gasteiger partial charge in [0, 0.05) is 32.0 Å². The molecule has 126 valence electrons. The Labute approximate surface area is 140 Å². The Kier molecular flexibility index (Phi) is 4.00. The fourth-order valence-corrected chi connectivity index (χ4v) is 3.88. The first-order chi connectivity index (χ1) is 11.8. The summed E-state index contributed by atoms with van der Waals surface area (Å²) < 4.78 is 14.7. The lowest BCUT2D eigenvalue weighted by molar-refractivity contribution is 0.385. The first-order valence-corrected chi connectivity index (χ1v) is 8.56. The smallest absolute Gasteiger partial charge is 0.225 e. The Hall–Kier alpha value is -2.31. The molecule has 0 aliphatic carbocycles. The van der Waals surface area contributed by atoms with Crippen molar-refractivity contribution in [3.63, 3.8) is 0 Å². The number of nitrogens with zero attached hydrogens (tertiary/aromatic N) is 6. The molecule has 0 saturated carbocycles.